The van der Waals surface area contributed by atoms with Crippen molar-refractivity contribution in [2.24, 2.45) is 10.9 Å². The zero-order valence-electron chi connectivity index (χ0n) is 7.18. The molecule has 0 aromatic carbocycles. The van der Waals surface area contributed by atoms with E-state index >= 15 is 0 Å². The molecule has 0 bridgehead atoms. The average Bonchev–Trinajstić information content (AvgIpc) is 2.13. The molecule has 0 amide bonds. The van der Waals surface area contributed by atoms with Crippen LogP contribution in [0.25, 0.3) is 0 Å². The third kappa shape index (κ3) is 1.28. The highest BCUT2D eigenvalue weighted by Gasteiger charge is 2.15. The summed E-state index contributed by atoms with van der Waals surface area (Å²) in [4.78, 5) is 4.49. The predicted molar refractivity (Wildman–Crippen MR) is 45.5 cm³/mol. The SMILES string of the molecule is CC1=CC(C(C)C)N=C1C. The van der Waals surface area contributed by atoms with Crippen molar-refractivity contribution >= 4 is 5.71 Å². The van der Waals surface area contributed by atoms with Crippen molar-refractivity contribution in [1.82, 2.24) is 0 Å². The molecule has 10 heavy (non-hydrogen) atoms. The number of hydrogen-bond donors (Lipinski definition) is 0. The Morgan fingerprint density at radius 3 is 2.20 bits per heavy atom. The van der Waals surface area contributed by atoms with E-state index in [0.717, 1.165) is 0 Å². The van der Waals surface area contributed by atoms with Crippen molar-refractivity contribution in [2.75, 3.05) is 0 Å². The van der Waals surface area contributed by atoms with E-state index in [1.54, 1.807) is 0 Å². The molecule has 1 heterocycles. The first-order valence-corrected chi connectivity index (χ1v) is 3.84. The lowest BCUT2D eigenvalue weighted by Crippen LogP contribution is -2.06. The Morgan fingerprint density at radius 1 is 1.40 bits per heavy atom. The first-order valence-electron chi connectivity index (χ1n) is 3.84. The van der Waals surface area contributed by atoms with Crippen molar-refractivity contribution in [3.05, 3.63) is 11.6 Å². The highest BCUT2D eigenvalue weighted by Crippen LogP contribution is 2.18. The van der Waals surface area contributed by atoms with Crippen molar-refractivity contribution < 1.29 is 0 Å². The number of nitrogens with zero attached hydrogens (tertiary/aromatic N) is 1. The van der Waals surface area contributed by atoms with Gasteiger partial charge in [0.1, 0.15) is 0 Å². The maximum Gasteiger partial charge on any atom is 0.0712 e. The van der Waals surface area contributed by atoms with Gasteiger partial charge in [0.25, 0.3) is 0 Å². The molecule has 1 heteroatoms. The molecule has 1 unspecified atom stereocenters. The van der Waals surface area contributed by atoms with Crippen molar-refractivity contribution in [3.8, 4) is 0 Å². The summed E-state index contributed by atoms with van der Waals surface area (Å²) < 4.78 is 0. The van der Waals surface area contributed by atoms with E-state index in [1.807, 2.05) is 0 Å². The molecule has 0 aliphatic carbocycles. The summed E-state index contributed by atoms with van der Waals surface area (Å²) in [5.74, 6) is 0.646. The lowest BCUT2D eigenvalue weighted by Gasteiger charge is -2.06. The van der Waals surface area contributed by atoms with Gasteiger partial charge in [0.2, 0.25) is 0 Å². The van der Waals surface area contributed by atoms with Crippen LogP contribution in [0, 0.1) is 5.92 Å². The third-order valence-electron chi connectivity index (χ3n) is 2.02. The van der Waals surface area contributed by atoms with Gasteiger partial charge < -0.3 is 0 Å². The highest BCUT2D eigenvalue weighted by atomic mass is 14.8. The predicted octanol–water partition coefficient (Wildman–Crippen LogP) is 2.43. The van der Waals surface area contributed by atoms with Gasteiger partial charge in [-0.25, -0.2) is 0 Å². The average molecular weight is 137 g/mol. The number of aliphatic imine (C=N–C) groups is 1. The lowest BCUT2D eigenvalue weighted by atomic mass is 10.1. The summed E-state index contributed by atoms with van der Waals surface area (Å²) in [6.07, 6.45) is 2.25. The maximum atomic E-state index is 4.49. The molecule has 1 aliphatic heterocycles. The van der Waals surface area contributed by atoms with Crippen molar-refractivity contribution in [2.45, 2.75) is 33.7 Å². The van der Waals surface area contributed by atoms with Gasteiger partial charge in [0, 0.05) is 5.71 Å². The monoisotopic (exact) mass is 137 g/mol. The molecule has 0 aromatic heterocycles. The standard InChI is InChI=1S/C9H15N/c1-6(2)9-5-7(3)8(4)10-9/h5-6,9H,1-4H3. The van der Waals surface area contributed by atoms with Crippen LogP contribution in [0.3, 0.4) is 0 Å². The van der Waals surface area contributed by atoms with Crippen LogP contribution in [0.15, 0.2) is 16.6 Å². The second-order valence-corrected chi connectivity index (χ2v) is 3.30. The van der Waals surface area contributed by atoms with E-state index < -0.39 is 0 Å². The van der Waals surface area contributed by atoms with Crippen molar-refractivity contribution in [1.29, 1.82) is 0 Å². The smallest absolute Gasteiger partial charge is 0.0712 e. The minimum atomic E-state index is 0.444. The van der Waals surface area contributed by atoms with E-state index in [0.29, 0.717) is 12.0 Å². The quantitative estimate of drug-likeness (QED) is 0.526. The summed E-state index contributed by atoms with van der Waals surface area (Å²) in [7, 11) is 0. The van der Waals surface area contributed by atoms with E-state index in [1.165, 1.54) is 11.3 Å². The van der Waals surface area contributed by atoms with Crippen LogP contribution in [0.4, 0.5) is 0 Å². The van der Waals surface area contributed by atoms with Gasteiger partial charge in [-0.3, -0.25) is 4.99 Å². The molecule has 0 fully saturated rings. The lowest BCUT2D eigenvalue weighted by molar-refractivity contribution is 0.578. The summed E-state index contributed by atoms with van der Waals surface area (Å²) in [5.41, 5.74) is 2.55. The molecule has 0 saturated heterocycles. The normalized spacial score (nSPS) is 25.1. The molecule has 1 rings (SSSR count). The van der Waals surface area contributed by atoms with E-state index in [9.17, 15) is 0 Å². The van der Waals surface area contributed by atoms with Crippen LogP contribution in [0.2, 0.25) is 0 Å². The van der Waals surface area contributed by atoms with Crippen LogP contribution in [0.1, 0.15) is 27.7 Å². The Kier molecular flexibility index (Phi) is 1.93. The molecule has 1 aliphatic rings. The highest BCUT2D eigenvalue weighted by molar-refractivity contribution is 5.99. The van der Waals surface area contributed by atoms with Crippen LogP contribution >= 0.6 is 0 Å². The fraction of sp³-hybridized carbons (Fsp3) is 0.667. The Bertz CT molecular complexity index is 169. The van der Waals surface area contributed by atoms with Gasteiger partial charge in [0.15, 0.2) is 0 Å². The summed E-state index contributed by atoms with van der Waals surface area (Å²) in [5, 5.41) is 0. The van der Waals surface area contributed by atoms with E-state index in [4.69, 9.17) is 0 Å². The van der Waals surface area contributed by atoms with Crippen LogP contribution in [-0.2, 0) is 0 Å². The van der Waals surface area contributed by atoms with Gasteiger partial charge in [-0.2, -0.15) is 0 Å². The fourth-order valence-corrected chi connectivity index (χ4v) is 1.08. The van der Waals surface area contributed by atoms with Crippen molar-refractivity contribution in [3.63, 3.8) is 0 Å². The van der Waals surface area contributed by atoms with Crippen LogP contribution in [0.5, 0.6) is 0 Å². The summed E-state index contributed by atoms with van der Waals surface area (Å²) in [6.45, 7) is 8.61. The Labute approximate surface area is 62.9 Å². The minimum Gasteiger partial charge on any atom is -0.282 e. The topological polar surface area (TPSA) is 12.4 Å². The second kappa shape index (κ2) is 2.57. The zero-order chi connectivity index (χ0) is 7.72. The number of hydrogen-bond acceptors (Lipinski definition) is 1. The molecular formula is C9H15N. The zero-order valence-corrected chi connectivity index (χ0v) is 7.18. The molecule has 0 spiro atoms. The van der Waals surface area contributed by atoms with Gasteiger partial charge in [-0.1, -0.05) is 19.9 Å². The third-order valence-corrected chi connectivity index (χ3v) is 2.02. The molecule has 1 nitrogen and oxygen atoms in total. The van der Waals surface area contributed by atoms with Gasteiger partial charge in [-0.05, 0) is 25.3 Å². The molecule has 0 aromatic rings. The number of allylic oxidation sites excluding steroid dienone is 1. The summed E-state index contributed by atoms with van der Waals surface area (Å²) in [6, 6.07) is 0.444. The maximum absolute atomic E-state index is 4.49. The fourth-order valence-electron chi connectivity index (χ4n) is 1.08. The molecule has 0 radical (unpaired) electrons. The van der Waals surface area contributed by atoms with Crippen LogP contribution in [-0.4, -0.2) is 11.8 Å². The molecule has 0 N–H and O–H groups in total. The van der Waals surface area contributed by atoms with Crippen LogP contribution < -0.4 is 0 Å². The first-order chi connectivity index (χ1) is 4.61. The minimum absolute atomic E-state index is 0.444. The molecule has 1 atom stereocenters. The molecule has 0 saturated carbocycles. The largest absolute Gasteiger partial charge is 0.282 e. The molecular weight excluding hydrogens is 122 g/mol. The van der Waals surface area contributed by atoms with E-state index in [2.05, 4.69) is 38.8 Å². The Hall–Kier alpha value is -0.590. The van der Waals surface area contributed by atoms with E-state index in [-0.39, 0.29) is 0 Å². The molecule has 56 valence electrons. The van der Waals surface area contributed by atoms with Gasteiger partial charge in [-0.15, -0.1) is 0 Å². The Morgan fingerprint density at radius 2 is 2.00 bits per heavy atom. The Balaban J connectivity index is 2.73. The van der Waals surface area contributed by atoms with Gasteiger partial charge in [0.05, 0.1) is 6.04 Å². The first kappa shape index (κ1) is 7.52. The number of rotatable bonds is 1. The van der Waals surface area contributed by atoms with Gasteiger partial charge >= 0.3 is 0 Å². The second-order valence-electron chi connectivity index (χ2n) is 3.30. The summed E-state index contributed by atoms with van der Waals surface area (Å²) >= 11 is 0.